The molecule has 0 radical (unpaired) electrons. The summed E-state index contributed by atoms with van der Waals surface area (Å²) in [5.41, 5.74) is 0.221. The van der Waals surface area contributed by atoms with E-state index in [9.17, 15) is 32.5 Å². The summed E-state index contributed by atoms with van der Waals surface area (Å²) in [5, 5.41) is 12.0. The molecule has 2 aromatic rings. The van der Waals surface area contributed by atoms with Gasteiger partial charge in [-0.25, -0.2) is 17.7 Å². The molecule has 1 saturated carbocycles. The van der Waals surface area contributed by atoms with Gasteiger partial charge in [-0.3, -0.25) is 19.7 Å². The molecule has 12 heteroatoms. The van der Waals surface area contributed by atoms with Gasteiger partial charge in [-0.05, 0) is 61.6 Å². The fourth-order valence-corrected chi connectivity index (χ4v) is 7.06. The van der Waals surface area contributed by atoms with E-state index in [1.54, 1.807) is 11.0 Å². The molecular weight excluding hydrogens is 503 g/mol. The number of sulfonamides is 1. The van der Waals surface area contributed by atoms with Crippen LogP contribution in [0.5, 0.6) is 0 Å². The van der Waals surface area contributed by atoms with Gasteiger partial charge >= 0.3 is 0 Å². The van der Waals surface area contributed by atoms with E-state index < -0.39 is 20.8 Å². The summed E-state index contributed by atoms with van der Waals surface area (Å²) in [6.07, 6.45) is 2.14. The van der Waals surface area contributed by atoms with Crippen molar-refractivity contribution in [1.29, 1.82) is 0 Å². The Balaban J connectivity index is 1.35. The zero-order valence-corrected chi connectivity index (χ0v) is 21.1. The Morgan fingerprint density at radius 1 is 0.946 bits per heavy atom. The normalized spacial score (nSPS) is 24.9. The van der Waals surface area contributed by atoms with Crippen LogP contribution in [0.25, 0.3) is 0 Å². The number of hydrogen-bond donors (Lipinski definition) is 0. The van der Waals surface area contributed by atoms with Crippen molar-refractivity contribution >= 4 is 38.9 Å². The number of anilines is 2. The number of amides is 2. The van der Waals surface area contributed by atoms with Gasteiger partial charge in [0.1, 0.15) is 11.5 Å². The van der Waals surface area contributed by atoms with Gasteiger partial charge in [-0.1, -0.05) is 6.92 Å². The zero-order valence-electron chi connectivity index (χ0n) is 20.2. The highest BCUT2D eigenvalue weighted by Gasteiger charge is 2.50. The standard InChI is InChI=1S/C25H27FN4O6S/c1-16-2-8-20-21(14-16)25(32)29(24(20)31)18-5-9-22(23(15-18)30(33)34)27-10-12-28(13-11-27)37(35,36)19-6-3-17(26)4-7-19/h3-7,9,15-16,20-21H,2,8,10-14H2,1H3/t16-,20-,21+/m1/s1. The third kappa shape index (κ3) is 4.48. The second kappa shape index (κ2) is 9.49. The van der Waals surface area contributed by atoms with Crippen LogP contribution in [0.4, 0.5) is 21.5 Å². The fourth-order valence-electron chi connectivity index (χ4n) is 5.63. The van der Waals surface area contributed by atoms with Crippen molar-refractivity contribution in [2.75, 3.05) is 36.0 Å². The molecule has 0 spiro atoms. The zero-order chi connectivity index (χ0) is 26.5. The molecule has 0 unspecified atom stereocenters. The summed E-state index contributed by atoms with van der Waals surface area (Å²) in [7, 11) is -3.83. The number of halogens is 1. The fraction of sp³-hybridized carbons (Fsp3) is 0.440. The summed E-state index contributed by atoms with van der Waals surface area (Å²) in [6, 6.07) is 8.90. The van der Waals surface area contributed by atoms with E-state index in [1.165, 1.54) is 28.6 Å². The van der Waals surface area contributed by atoms with Crippen LogP contribution in [0.3, 0.4) is 0 Å². The van der Waals surface area contributed by atoms with Gasteiger partial charge in [0.05, 0.1) is 27.3 Å². The molecule has 0 aromatic heterocycles. The second-order valence-corrected chi connectivity index (χ2v) is 11.9. The minimum Gasteiger partial charge on any atom is -0.363 e. The first-order chi connectivity index (χ1) is 17.6. The quantitative estimate of drug-likeness (QED) is 0.331. The van der Waals surface area contributed by atoms with Gasteiger partial charge in [0.15, 0.2) is 0 Å². The molecule has 3 aliphatic rings. The minimum absolute atomic E-state index is 0.0207. The van der Waals surface area contributed by atoms with E-state index in [0.717, 1.165) is 23.5 Å². The first-order valence-corrected chi connectivity index (χ1v) is 13.7. The number of nitro benzene ring substituents is 1. The second-order valence-electron chi connectivity index (χ2n) is 9.92. The number of carbonyl (C=O) groups is 2. The topological polar surface area (TPSA) is 121 Å². The van der Waals surface area contributed by atoms with Gasteiger partial charge in [0.25, 0.3) is 5.69 Å². The lowest BCUT2D eigenvalue weighted by molar-refractivity contribution is -0.384. The van der Waals surface area contributed by atoms with Crippen molar-refractivity contribution in [3.05, 3.63) is 58.4 Å². The van der Waals surface area contributed by atoms with Gasteiger partial charge in [0.2, 0.25) is 21.8 Å². The van der Waals surface area contributed by atoms with Crippen molar-refractivity contribution in [2.24, 2.45) is 17.8 Å². The van der Waals surface area contributed by atoms with Crippen LogP contribution in [0.1, 0.15) is 26.2 Å². The first kappa shape index (κ1) is 25.3. The predicted molar refractivity (Wildman–Crippen MR) is 133 cm³/mol. The lowest BCUT2D eigenvalue weighted by atomic mass is 9.76. The highest BCUT2D eigenvalue weighted by molar-refractivity contribution is 7.89. The van der Waals surface area contributed by atoms with Crippen LogP contribution in [0.2, 0.25) is 0 Å². The molecule has 2 heterocycles. The van der Waals surface area contributed by atoms with Crippen molar-refractivity contribution in [3.63, 3.8) is 0 Å². The third-order valence-electron chi connectivity index (χ3n) is 7.63. The Hall–Kier alpha value is -3.38. The molecule has 3 fully saturated rings. The molecule has 2 saturated heterocycles. The molecule has 2 aliphatic heterocycles. The van der Waals surface area contributed by atoms with E-state index in [-0.39, 0.29) is 71.8 Å². The van der Waals surface area contributed by atoms with Crippen molar-refractivity contribution in [2.45, 2.75) is 31.1 Å². The van der Waals surface area contributed by atoms with Crippen molar-refractivity contribution in [1.82, 2.24) is 4.31 Å². The molecule has 0 N–H and O–H groups in total. The number of imide groups is 1. The smallest absolute Gasteiger partial charge is 0.294 e. The Labute approximate surface area is 213 Å². The van der Waals surface area contributed by atoms with Gasteiger partial charge < -0.3 is 4.90 Å². The summed E-state index contributed by atoms with van der Waals surface area (Å²) in [4.78, 5) is 40.3. The SMILES string of the molecule is C[C@@H]1CC[C@H]2C(=O)N(c3ccc(N4CCN(S(=O)(=O)c5ccc(F)cc5)CC4)c([N+](=O)[O-])c3)C(=O)[C@H]2C1. The highest BCUT2D eigenvalue weighted by atomic mass is 32.2. The monoisotopic (exact) mass is 530 g/mol. The van der Waals surface area contributed by atoms with Crippen LogP contribution in [-0.2, 0) is 19.6 Å². The number of nitro groups is 1. The maximum absolute atomic E-state index is 13.2. The molecule has 5 rings (SSSR count). The number of fused-ring (bicyclic) bond motifs is 1. The molecule has 196 valence electrons. The van der Waals surface area contributed by atoms with Crippen molar-refractivity contribution in [3.8, 4) is 0 Å². The summed E-state index contributed by atoms with van der Waals surface area (Å²) in [5.74, 6) is -1.55. The average molecular weight is 531 g/mol. The van der Waals surface area contributed by atoms with Crippen molar-refractivity contribution < 1.29 is 27.3 Å². The van der Waals surface area contributed by atoms with Crippen LogP contribution >= 0.6 is 0 Å². The van der Waals surface area contributed by atoms with Gasteiger partial charge in [-0.2, -0.15) is 4.31 Å². The van der Waals surface area contributed by atoms with Crippen LogP contribution in [-0.4, -0.2) is 55.6 Å². The molecular formula is C25H27FN4O6S. The molecule has 2 aromatic carbocycles. The average Bonchev–Trinajstić information content (AvgIpc) is 3.13. The molecule has 2 amide bonds. The Morgan fingerprint density at radius 3 is 2.24 bits per heavy atom. The van der Waals surface area contributed by atoms with E-state index in [2.05, 4.69) is 6.92 Å². The third-order valence-corrected chi connectivity index (χ3v) is 9.55. The number of carbonyl (C=O) groups excluding carboxylic acids is 2. The number of rotatable bonds is 5. The number of piperazine rings is 1. The maximum atomic E-state index is 13.2. The highest BCUT2D eigenvalue weighted by Crippen LogP contribution is 2.43. The Morgan fingerprint density at radius 2 is 1.59 bits per heavy atom. The number of benzene rings is 2. The Bertz CT molecular complexity index is 1360. The molecule has 1 aliphatic carbocycles. The number of hydrogen-bond acceptors (Lipinski definition) is 7. The van der Waals surface area contributed by atoms with E-state index in [1.807, 2.05) is 0 Å². The summed E-state index contributed by atoms with van der Waals surface area (Å²) in [6.45, 7) is 2.63. The number of nitrogens with zero attached hydrogens (tertiary/aromatic N) is 4. The summed E-state index contributed by atoms with van der Waals surface area (Å²) >= 11 is 0. The lowest BCUT2D eigenvalue weighted by Gasteiger charge is -2.35. The molecule has 0 bridgehead atoms. The lowest BCUT2D eigenvalue weighted by Crippen LogP contribution is -2.48. The van der Waals surface area contributed by atoms with Gasteiger partial charge in [-0.15, -0.1) is 0 Å². The summed E-state index contributed by atoms with van der Waals surface area (Å²) < 4.78 is 40.3. The molecule has 3 atom stereocenters. The van der Waals surface area contributed by atoms with E-state index in [0.29, 0.717) is 18.8 Å². The van der Waals surface area contributed by atoms with Crippen LogP contribution in [0, 0.1) is 33.7 Å². The first-order valence-electron chi connectivity index (χ1n) is 12.2. The largest absolute Gasteiger partial charge is 0.363 e. The maximum Gasteiger partial charge on any atom is 0.294 e. The van der Waals surface area contributed by atoms with Crippen LogP contribution in [0.15, 0.2) is 47.4 Å². The van der Waals surface area contributed by atoms with Crippen LogP contribution < -0.4 is 9.80 Å². The predicted octanol–water partition coefficient (Wildman–Crippen LogP) is 3.17. The minimum atomic E-state index is -3.83. The Kier molecular flexibility index (Phi) is 6.48. The van der Waals surface area contributed by atoms with Gasteiger partial charge in [0, 0.05) is 32.2 Å². The van der Waals surface area contributed by atoms with E-state index in [4.69, 9.17) is 0 Å². The molecule has 10 nitrogen and oxygen atoms in total. The molecule has 37 heavy (non-hydrogen) atoms. The van der Waals surface area contributed by atoms with E-state index >= 15 is 0 Å².